The fourth-order valence-corrected chi connectivity index (χ4v) is 2.36. The molecule has 0 aromatic rings. The number of nitrogens with one attached hydrogen (secondary N) is 1. The van der Waals surface area contributed by atoms with Crippen molar-refractivity contribution in [2.24, 2.45) is 0 Å². The van der Waals surface area contributed by atoms with Crippen LogP contribution in [-0.2, 0) is 9.59 Å². The summed E-state index contributed by atoms with van der Waals surface area (Å²) >= 11 is 0. The quantitative estimate of drug-likeness (QED) is 0.546. The van der Waals surface area contributed by atoms with Gasteiger partial charge in [0.05, 0.1) is 12.1 Å². The number of Topliss-reactive ketones (excluding diaryl/α,β-unsaturated/α-hetero) is 1. The van der Waals surface area contributed by atoms with Gasteiger partial charge in [-0.15, -0.1) is 0 Å². The molecule has 1 amide bonds. The first-order chi connectivity index (χ1) is 7.22. The highest BCUT2D eigenvalue weighted by atomic mass is 16.2. The molecule has 2 bridgehead atoms. The van der Waals surface area contributed by atoms with Gasteiger partial charge in [-0.3, -0.25) is 9.59 Å². The SMILES string of the molecule is CC#CC(=O)N1C2CNCC1CC(=O)C2. The molecule has 2 saturated heterocycles. The van der Waals surface area contributed by atoms with Gasteiger partial charge in [0.25, 0.3) is 5.91 Å². The van der Waals surface area contributed by atoms with Crippen molar-refractivity contribution in [1.82, 2.24) is 10.2 Å². The minimum absolute atomic E-state index is 0.0124. The van der Waals surface area contributed by atoms with Crippen LogP contribution in [0.4, 0.5) is 0 Å². The number of carbonyl (C=O) groups excluding carboxylic acids is 2. The van der Waals surface area contributed by atoms with Crippen LogP contribution in [0.25, 0.3) is 0 Å². The van der Waals surface area contributed by atoms with E-state index in [2.05, 4.69) is 17.2 Å². The van der Waals surface area contributed by atoms with Crippen LogP contribution in [0.15, 0.2) is 0 Å². The van der Waals surface area contributed by atoms with E-state index in [4.69, 9.17) is 0 Å². The number of piperazine rings is 1. The van der Waals surface area contributed by atoms with E-state index in [1.54, 1.807) is 11.8 Å². The number of carbonyl (C=O) groups is 2. The summed E-state index contributed by atoms with van der Waals surface area (Å²) in [5.74, 6) is 5.30. The van der Waals surface area contributed by atoms with Crippen molar-refractivity contribution in [3.05, 3.63) is 0 Å². The first-order valence-corrected chi connectivity index (χ1v) is 5.20. The number of amides is 1. The molecule has 2 aliphatic heterocycles. The molecule has 2 unspecified atom stereocenters. The van der Waals surface area contributed by atoms with Gasteiger partial charge in [0.2, 0.25) is 0 Å². The largest absolute Gasteiger partial charge is 0.322 e. The van der Waals surface area contributed by atoms with Crippen LogP contribution < -0.4 is 5.32 Å². The molecule has 2 heterocycles. The molecule has 0 radical (unpaired) electrons. The molecule has 1 N–H and O–H groups in total. The Kier molecular flexibility index (Phi) is 2.74. The molecule has 2 rings (SSSR count). The Hall–Kier alpha value is -1.34. The second kappa shape index (κ2) is 4.03. The molecule has 0 aliphatic carbocycles. The molecule has 0 aromatic heterocycles. The standard InChI is InChI=1S/C11H14N2O2/c1-2-3-11(15)13-8-4-10(14)5-9(13)7-12-6-8/h8-9,12H,4-7H2,1H3. The maximum atomic E-state index is 11.7. The van der Waals surface area contributed by atoms with E-state index in [1.165, 1.54) is 0 Å². The van der Waals surface area contributed by atoms with E-state index >= 15 is 0 Å². The van der Waals surface area contributed by atoms with Gasteiger partial charge in [-0.05, 0) is 12.8 Å². The van der Waals surface area contributed by atoms with Crippen LogP contribution in [0.5, 0.6) is 0 Å². The highest BCUT2D eigenvalue weighted by Gasteiger charge is 2.39. The monoisotopic (exact) mass is 206 g/mol. The fraction of sp³-hybridized carbons (Fsp3) is 0.636. The highest BCUT2D eigenvalue weighted by molar-refractivity contribution is 5.95. The Labute approximate surface area is 89.0 Å². The van der Waals surface area contributed by atoms with Crippen molar-refractivity contribution in [2.45, 2.75) is 31.8 Å². The molecule has 15 heavy (non-hydrogen) atoms. The van der Waals surface area contributed by atoms with Gasteiger partial charge >= 0.3 is 0 Å². The Bertz CT molecular complexity index is 337. The Morgan fingerprint density at radius 3 is 2.53 bits per heavy atom. The van der Waals surface area contributed by atoms with Crippen molar-refractivity contribution >= 4 is 11.7 Å². The zero-order valence-electron chi connectivity index (χ0n) is 8.75. The van der Waals surface area contributed by atoms with Gasteiger partial charge in [0.15, 0.2) is 0 Å². The highest BCUT2D eigenvalue weighted by Crippen LogP contribution is 2.22. The molecule has 4 nitrogen and oxygen atoms in total. The third-order valence-corrected chi connectivity index (χ3v) is 2.94. The minimum atomic E-state index is -0.137. The van der Waals surface area contributed by atoms with Gasteiger partial charge in [0, 0.05) is 25.9 Å². The number of ketones is 1. The smallest absolute Gasteiger partial charge is 0.299 e. The lowest BCUT2D eigenvalue weighted by Crippen LogP contribution is -2.63. The molecular formula is C11H14N2O2. The van der Waals surface area contributed by atoms with Crippen LogP contribution in [0, 0.1) is 11.8 Å². The van der Waals surface area contributed by atoms with Crippen LogP contribution >= 0.6 is 0 Å². The third-order valence-electron chi connectivity index (χ3n) is 2.94. The van der Waals surface area contributed by atoms with Crippen molar-refractivity contribution in [3.63, 3.8) is 0 Å². The summed E-state index contributed by atoms with van der Waals surface area (Å²) in [5.41, 5.74) is 0. The molecule has 0 aromatic carbocycles. The van der Waals surface area contributed by atoms with E-state index in [0.717, 1.165) is 0 Å². The second-order valence-corrected chi connectivity index (χ2v) is 4.00. The van der Waals surface area contributed by atoms with Crippen molar-refractivity contribution in [1.29, 1.82) is 0 Å². The average Bonchev–Trinajstić information content (AvgIpc) is 2.16. The van der Waals surface area contributed by atoms with E-state index in [-0.39, 0.29) is 23.8 Å². The predicted octanol–water partition coefficient (Wildman–Crippen LogP) is -0.458. The Balaban J connectivity index is 2.19. The summed E-state index contributed by atoms with van der Waals surface area (Å²) in [6, 6.07) is 0.0247. The predicted molar refractivity (Wildman–Crippen MR) is 55.0 cm³/mol. The summed E-state index contributed by atoms with van der Waals surface area (Å²) in [6.45, 7) is 3.07. The lowest BCUT2D eigenvalue weighted by molar-refractivity contribution is -0.138. The number of piperidine rings is 1. The van der Waals surface area contributed by atoms with Crippen LogP contribution in [0.3, 0.4) is 0 Å². The van der Waals surface area contributed by atoms with Gasteiger partial charge < -0.3 is 10.2 Å². The van der Waals surface area contributed by atoms with E-state index in [1.807, 2.05) is 0 Å². The summed E-state index contributed by atoms with van der Waals surface area (Å²) < 4.78 is 0. The molecule has 0 spiro atoms. The molecule has 2 atom stereocenters. The van der Waals surface area contributed by atoms with Crippen LogP contribution in [0.2, 0.25) is 0 Å². The zero-order chi connectivity index (χ0) is 10.8. The number of rotatable bonds is 0. The van der Waals surface area contributed by atoms with E-state index < -0.39 is 0 Å². The molecule has 2 aliphatic rings. The third kappa shape index (κ3) is 1.88. The first-order valence-electron chi connectivity index (χ1n) is 5.20. The van der Waals surface area contributed by atoms with E-state index in [0.29, 0.717) is 25.9 Å². The molecule has 2 fully saturated rings. The fourth-order valence-electron chi connectivity index (χ4n) is 2.36. The summed E-state index contributed by atoms with van der Waals surface area (Å²) in [6.07, 6.45) is 0.946. The van der Waals surface area contributed by atoms with Gasteiger partial charge in [-0.1, -0.05) is 5.92 Å². The van der Waals surface area contributed by atoms with Crippen LogP contribution in [0.1, 0.15) is 19.8 Å². The normalized spacial score (nSPS) is 29.4. The molecule has 0 saturated carbocycles. The Morgan fingerprint density at radius 2 is 2.00 bits per heavy atom. The topological polar surface area (TPSA) is 49.4 Å². The minimum Gasteiger partial charge on any atom is -0.322 e. The van der Waals surface area contributed by atoms with Gasteiger partial charge in [-0.25, -0.2) is 0 Å². The lowest BCUT2D eigenvalue weighted by atomic mass is 9.91. The summed E-state index contributed by atoms with van der Waals surface area (Å²) in [7, 11) is 0. The van der Waals surface area contributed by atoms with E-state index in [9.17, 15) is 9.59 Å². The van der Waals surface area contributed by atoms with Gasteiger partial charge in [0.1, 0.15) is 5.78 Å². The molecule has 4 heteroatoms. The Morgan fingerprint density at radius 1 is 1.40 bits per heavy atom. The lowest BCUT2D eigenvalue weighted by Gasteiger charge is -2.44. The number of fused-ring (bicyclic) bond motifs is 2. The number of hydrogen-bond donors (Lipinski definition) is 1. The summed E-state index contributed by atoms with van der Waals surface area (Å²) in [5, 5.41) is 3.24. The van der Waals surface area contributed by atoms with Gasteiger partial charge in [-0.2, -0.15) is 0 Å². The second-order valence-electron chi connectivity index (χ2n) is 4.00. The van der Waals surface area contributed by atoms with Crippen molar-refractivity contribution in [2.75, 3.05) is 13.1 Å². The first kappa shape index (κ1) is 10.2. The van der Waals surface area contributed by atoms with Crippen molar-refractivity contribution in [3.8, 4) is 11.8 Å². The number of nitrogens with zero attached hydrogens (tertiary/aromatic N) is 1. The average molecular weight is 206 g/mol. The molecule has 80 valence electrons. The molecular weight excluding hydrogens is 192 g/mol. The van der Waals surface area contributed by atoms with Crippen LogP contribution in [-0.4, -0.2) is 41.8 Å². The summed E-state index contributed by atoms with van der Waals surface area (Å²) in [4.78, 5) is 24.9. The zero-order valence-corrected chi connectivity index (χ0v) is 8.75. The maximum Gasteiger partial charge on any atom is 0.299 e. The van der Waals surface area contributed by atoms with Crippen molar-refractivity contribution < 1.29 is 9.59 Å². The maximum absolute atomic E-state index is 11.7. The number of hydrogen-bond acceptors (Lipinski definition) is 3.